The van der Waals surface area contributed by atoms with Gasteiger partial charge >= 0.3 is 0 Å². The molecule has 1 aromatic carbocycles. The van der Waals surface area contributed by atoms with Crippen LogP contribution in [0.3, 0.4) is 0 Å². The van der Waals surface area contributed by atoms with E-state index in [0.717, 1.165) is 23.2 Å². The number of nitrogens with two attached hydrogens (primary N) is 1. The van der Waals surface area contributed by atoms with Crippen LogP contribution in [0.25, 0.3) is 0 Å². The van der Waals surface area contributed by atoms with Gasteiger partial charge in [-0.3, -0.25) is 0 Å². The van der Waals surface area contributed by atoms with Gasteiger partial charge in [0.2, 0.25) is 0 Å². The Bertz CT molecular complexity index is 616. The van der Waals surface area contributed by atoms with Crippen LogP contribution in [0.5, 0.6) is 0 Å². The maximum Gasteiger partial charge on any atom is 0.128 e. The Hall–Kier alpha value is -1.46. The summed E-state index contributed by atoms with van der Waals surface area (Å²) in [5.41, 5.74) is 8.87. The minimum atomic E-state index is -0.272. The number of anilines is 1. The summed E-state index contributed by atoms with van der Waals surface area (Å²) in [5, 5.41) is 3.37. The standard InChI is InChI=1S/C15H17BrFN3/c1-3-19-14(11-5-4-10(17)7-13(11)16)12-6-9(2)8-20-15(12)18/h4-8,14,19H,3H2,1-2H3,(H2,18,20). The van der Waals surface area contributed by atoms with Gasteiger partial charge in [-0.1, -0.05) is 28.9 Å². The third-order valence-corrected chi connectivity index (χ3v) is 3.77. The first-order valence-electron chi connectivity index (χ1n) is 6.43. The molecule has 2 rings (SSSR count). The summed E-state index contributed by atoms with van der Waals surface area (Å²) < 4.78 is 14.0. The highest BCUT2D eigenvalue weighted by Crippen LogP contribution is 2.31. The predicted molar refractivity (Wildman–Crippen MR) is 83.0 cm³/mol. The molecular formula is C15H17BrFN3. The number of benzene rings is 1. The molecule has 0 radical (unpaired) electrons. The summed E-state index contributed by atoms with van der Waals surface area (Å²) in [6.07, 6.45) is 1.74. The van der Waals surface area contributed by atoms with E-state index in [0.29, 0.717) is 10.3 Å². The van der Waals surface area contributed by atoms with Gasteiger partial charge in [0, 0.05) is 16.2 Å². The molecule has 3 N–H and O–H groups in total. The highest BCUT2D eigenvalue weighted by Gasteiger charge is 2.19. The Morgan fingerprint density at radius 1 is 1.35 bits per heavy atom. The van der Waals surface area contributed by atoms with Gasteiger partial charge in [0.15, 0.2) is 0 Å². The molecule has 0 aliphatic carbocycles. The summed E-state index contributed by atoms with van der Waals surface area (Å²) in [5.74, 6) is 0.212. The molecule has 0 saturated carbocycles. The fraction of sp³-hybridized carbons (Fsp3) is 0.267. The van der Waals surface area contributed by atoms with Gasteiger partial charge in [-0.15, -0.1) is 0 Å². The third-order valence-electron chi connectivity index (χ3n) is 3.08. The fourth-order valence-corrected chi connectivity index (χ4v) is 2.74. The second kappa shape index (κ2) is 6.33. The lowest BCUT2D eigenvalue weighted by Gasteiger charge is -2.21. The first-order valence-corrected chi connectivity index (χ1v) is 7.22. The lowest BCUT2D eigenvalue weighted by molar-refractivity contribution is 0.610. The molecule has 0 aliphatic rings. The lowest BCUT2D eigenvalue weighted by Crippen LogP contribution is -2.24. The van der Waals surface area contributed by atoms with Crippen molar-refractivity contribution in [2.75, 3.05) is 12.3 Å². The number of aryl methyl sites for hydroxylation is 1. The van der Waals surface area contributed by atoms with Crippen molar-refractivity contribution < 1.29 is 4.39 Å². The summed E-state index contributed by atoms with van der Waals surface area (Å²) in [6.45, 7) is 4.75. The topological polar surface area (TPSA) is 50.9 Å². The second-order valence-electron chi connectivity index (χ2n) is 4.64. The Morgan fingerprint density at radius 3 is 2.75 bits per heavy atom. The molecule has 1 atom stereocenters. The van der Waals surface area contributed by atoms with Crippen molar-refractivity contribution in [2.24, 2.45) is 0 Å². The van der Waals surface area contributed by atoms with E-state index < -0.39 is 0 Å². The van der Waals surface area contributed by atoms with Crippen molar-refractivity contribution >= 4 is 21.7 Å². The van der Waals surface area contributed by atoms with E-state index in [2.05, 4.69) is 26.2 Å². The second-order valence-corrected chi connectivity index (χ2v) is 5.50. The highest BCUT2D eigenvalue weighted by molar-refractivity contribution is 9.10. The van der Waals surface area contributed by atoms with Crippen LogP contribution in [-0.2, 0) is 0 Å². The zero-order chi connectivity index (χ0) is 14.7. The smallest absolute Gasteiger partial charge is 0.128 e. The van der Waals surface area contributed by atoms with Crippen molar-refractivity contribution in [2.45, 2.75) is 19.9 Å². The molecule has 0 bridgehead atoms. The minimum Gasteiger partial charge on any atom is -0.383 e. The molecule has 5 heteroatoms. The van der Waals surface area contributed by atoms with E-state index >= 15 is 0 Å². The first kappa shape index (κ1) is 14.9. The molecule has 3 nitrogen and oxygen atoms in total. The Kier molecular flexibility index (Phi) is 4.73. The SMILES string of the molecule is CCNC(c1ccc(F)cc1Br)c1cc(C)cnc1N. The molecule has 1 unspecified atom stereocenters. The molecule has 1 aromatic heterocycles. The van der Waals surface area contributed by atoms with E-state index in [9.17, 15) is 4.39 Å². The van der Waals surface area contributed by atoms with Gasteiger partial charge in [0.25, 0.3) is 0 Å². The molecule has 20 heavy (non-hydrogen) atoms. The van der Waals surface area contributed by atoms with Crippen LogP contribution in [0, 0.1) is 12.7 Å². The quantitative estimate of drug-likeness (QED) is 0.896. The highest BCUT2D eigenvalue weighted by atomic mass is 79.9. The van der Waals surface area contributed by atoms with Crippen LogP contribution < -0.4 is 11.1 Å². The molecule has 1 heterocycles. The van der Waals surface area contributed by atoms with Crippen molar-refractivity contribution in [3.8, 4) is 0 Å². The molecule has 0 fully saturated rings. The van der Waals surface area contributed by atoms with Crippen molar-refractivity contribution in [3.63, 3.8) is 0 Å². The largest absolute Gasteiger partial charge is 0.383 e. The van der Waals surface area contributed by atoms with Gasteiger partial charge in [0.05, 0.1) is 6.04 Å². The summed E-state index contributed by atoms with van der Waals surface area (Å²) in [4.78, 5) is 4.20. The van der Waals surface area contributed by atoms with Crippen LogP contribution in [0.15, 0.2) is 34.9 Å². The molecule has 0 amide bonds. The van der Waals surface area contributed by atoms with Crippen molar-refractivity contribution in [1.29, 1.82) is 0 Å². The number of nitrogens with zero attached hydrogens (tertiary/aromatic N) is 1. The normalized spacial score (nSPS) is 12.4. The Labute approximate surface area is 126 Å². The van der Waals surface area contributed by atoms with Crippen LogP contribution in [-0.4, -0.2) is 11.5 Å². The molecule has 2 aromatic rings. The first-order chi connectivity index (χ1) is 9.52. The van der Waals surface area contributed by atoms with E-state index in [-0.39, 0.29) is 11.9 Å². The monoisotopic (exact) mass is 337 g/mol. The predicted octanol–water partition coefficient (Wildman–Crippen LogP) is 3.57. The van der Waals surface area contributed by atoms with Crippen molar-refractivity contribution in [3.05, 3.63) is 57.4 Å². The zero-order valence-electron chi connectivity index (χ0n) is 11.5. The van der Waals surface area contributed by atoms with Crippen molar-refractivity contribution in [1.82, 2.24) is 10.3 Å². The fourth-order valence-electron chi connectivity index (χ4n) is 2.16. The van der Waals surface area contributed by atoms with Crippen LogP contribution in [0.2, 0.25) is 0 Å². The van der Waals surface area contributed by atoms with Crippen LogP contribution >= 0.6 is 15.9 Å². The molecule has 0 saturated heterocycles. The number of hydrogen-bond donors (Lipinski definition) is 2. The number of nitrogens with one attached hydrogen (secondary N) is 1. The minimum absolute atomic E-state index is 0.123. The number of halogens is 2. The van der Waals surface area contributed by atoms with E-state index in [1.807, 2.05) is 19.9 Å². The molecule has 106 valence electrons. The lowest BCUT2D eigenvalue weighted by atomic mass is 9.98. The maximum atomic E-state index is 13.3. The van der Waals surface area contributed by atoms with Gasteiger partial charge < -0.3 is 11.1 Å². The number of aromatic nitrogens is 1. The maximum absolute atomic E-state index is 13.3. The van der Waals surface area contributed by atoms with Crippen LogP contribution in [0.4, 0.5) is 10.2 Å². The summed E-state index contributed by atoms with van der Waals surface area (Å²) in [7, 11) is 0. The van der Waals surface area contributed by atoms with E-state index in [1.54, 1.807) is 12.3 Å². The van der Waals surface area contributed by atoms with E-state index in [1.165, 1.54) is 12.1 Å². The zero-order valence-corrected chi connectivity index (χ0v) is 13.0. The van der Waals surface area contributed by atoms with E-state index in [4.69, 9.17) is 5.73 Å². The molecular weight excluding hydrogens is 321 g/mol. The summed E-state index contributed by atoms with van der Waals surface area (Å²) in [6, 6.07) is 6.55. The Morgan fingerprint density at radius 2 is 2.10 bits per heavy atom. The van der Waals surface area contributed by atoms with Gasteiger partial charge in [-0.05, 0) is 42.8 Å². The van der Waals surface area contributed by atoms with Gasteiger partial charge in [-0.2, -0.15) is 0 Å². The average Bonchev–Trinajstić information content (AvgIpc) is 2.40. The van der Waals surface area contributed by atoms with Crippen LogP contribution in [0.1, 0.15) is 29.7 Å². The number of nitrogen functional groups attached to an aromatic ring is 1. The summed E-state index contributed by atoms with van der Waals surface area (Å²) >= 11 is 3.42. The number of hydrogen-bond acceptors (Lipinski definition) is 3. The molecule has 0 spiro atoms. The average molecular weight is 338 g/mol. The number of rotatable bonds is 4. The number of pyridine rings is 1. The third kappa shape index (κ3) is 3.16. The Balaban J connectivity index is 2.53. The van der Waals surface area contributed by atoms with Gasteiger partial charge in [0.1, 0.15) is 11.6 Å². The molecule has 0 aliphatic heterocycles. The van der Waals surface area contributed by atoms with Gasteiger partial charge in [-0.25, -0.2) is 9.37 Å².